The van der Waals surface area contributed by atoms with Gasteiger partial charge in [-0.05, 0) is 42.8 Å². The van der Waals surface area contributed by atoms with Crippen molar-refractivity contribution in [3.05, 3.63) is 59.1 Å². The number of hydrogen-bond donors (Lipinski definition) is 0. The fourth-order valence-electron chi connectivity index (χ4n) is 1.95. The Morgan fingerprint density at radius 2 is 1.96 bits per heavy atom. The van der Waals surface area contributed by atoms with Gasteiger partial charge in [-0.15, -0.1) is 0 Å². The summed E-state index contributed by atoms with van der Waals surface area (Å²) in [6.07, 6.45) is 2.94. The number of halogens is 1. The Bertz CT molecular complexity index is 696. The lowest BCUT2D eigenvalue weighted by molar-refractivity contribution is -0.128. The van der Waals surface area contributed by atoms with Crippen LogP contribution in [0.3, 0.4) is 0 Å². The predicted octanol–water partition coefficient (Wildman–Crippen LogP) is 4.37. The van der Waals surface area contributed by atoms with Crippen molar-refractivity contribution in [1.29, 1.82) is 0 Å². The molecule has 0 atom stereocenters. The molecule has 0 fully saturated rings. The Labute approximate surface area is 140 Å². The van der Waals surface area contributed by atoms with Crippen LogP contribution >= 0.6 is 11.6 Å². The maximum absolute atomic E-state index is 11.8. The summed E-state index contributed by atoms with van der Waals surface area (Å²) in [5.41, 5.74) is 0.712. The lowest BCUT2D eigenvalue weighted by Crippen LogP contribution is -2.03. The molecule has 0 saturated heterocycles. The van der Waals surface area contributed by atoms with Crippen molar-refractivity contribution in [3.8, 4) is 17.2 Å². The van der Waals surface area contributed by atoms with Crippen molar-refractivity contribution in [1.82, 2.24) is 0 Å². The molecule has 2 rings (SSSR count). The fraction of sp³-hybridized carbons (Fsp3) is 0.167. The molecule has 0 amide bonds. The molecule has 0 aliphatic carbocycles. The van der Waals surface area contributed by atoms with Crippen molar-refractivity contribution in [3.63, 3.8) is 0 Å². The third kappa shape index (κ3) is 4.76. The summed E-state index contributed by atoms with van der Waals surface area (Å²) in [5.74, 6) is 1.02. The van der Waals surface area contributed by atoms with Crippen LogP contribution in [0.4, 0.5) is 0 Å². The van der Waals surface area contributed by atoms with Gasteiger partial charge in [0.2, 0.25) is 0 Å². The number of carbonyl (C=O) groups is 1. The maximum Gasteiger partial charge on any atom is 0.336 e. The number of methoxy groups -OCH3 is 1. The number of carbonyl (C=O) groups excluding carboxylic acids is 1. The minimum Gasteiger partial charge on any atom is -0.491 e. The van der Waals surface area contributed by atoms with E-state index in [0.29, 0.717) is 34.4 Å². The van der Waals surface area contributed by atoms with Crippen LogP contribution in [0.1, 0.15) is 12.5 Å². The lowest BCUT2D eigenvalue weighted by atomic mass is 10.2. The molecule has 5 heteroatoms. The molecule has 0 unspecified atom stereocenters. The molecule has 2 aromatic rings. The van der Waals surface area contributed by atoms with E-state index in [1.54, 1.807) is 42.5 Å². The van der Waals surface area contributed by atoms with E-state index in [4.69, 9.17) is 25.8 Å². The van der Waals surface area contributed by atoms with Crippen LogP contribution in [-0.2, 0) is 4.79 Å². The van der Waals surface area contributed by atoms with Gasteiger partial charge in [0.25, 0.3) is 0 Å². The van der Waals surface area contributed by atoms with Crippen molar-refractivity contribution >= 4 is 23.6 Å². The smallest absolute Gasteiger partial charge is 0.336 e. The quantitative estimate of drug-likeness (QED) is 0.448. The Kier molecular flexibility index (Phi) is 6.06. The molecule has 0 aliphatic rings. The highest BCUT2D eigenvalue weighted by Crippen LogP contribution is 2.36. The van der Waals surface area contributed by atoms with Gasteiger partial charge in [0.05, 0.1) is 18.7 Å². The van der Waals surface area contributed by atoms with Crippen molar-refractivity contribution in [2.24, 2.45) is 0 Å². The first-order chi connectivity index (χ1) is 11.1. The monoisotopic (exact) mass is 332 g/mol. The van der Waals surface area contributed by atoms with Crippen molar-refractivity contribution < 1.29 is 19.0 Å². The zero-order valence-corrected chi connectivity index (χ0v) is 13.7. The van der Waals surface area contributed by atoms with Crippen LogP contribution in [0.15, 0.2) is 48.5 Å². The van der Waals surface area contributed by atoms with Gasteiger partial charge in [-0.3, -0.25) is 0 Å². The Morgan fingerprint density at radius 1 is 1.22 bits per heavy atom. The summed E-state index contributed by atoms with van der Waals surface area (Å²) < 4.78 is 15.9. The van der Waals surface area contributed by atoms with Gasteiger partial charge in [-0.1, -0.05) is 29.8 Å². The van der Waals surface area contributed by atoms with E-state index in [2.05, 4.69) is 0 Å². The lowest BCUT2D eigenvalue weighted by Gasteiger charge is -2.11. The number of ether oxygens (including phenoxy) is 3. The van der Waals surface area contributed by atoms with Crippen LogP contribution in [-0.4, -0.2) is 19.7 Å². The highest BCUT2D eigenvalue weighted by molar-refractivity contribution is 6.32. The van der Waals surface area contributed by atoms with Crippen LogP contribution in [0.25, 0.3) is 6.08 Å². The molecule has 0 N–H and O–H groups in total. The molecule has 120 valence electrons. The third-order valence-electron chi connectivity index (χ3n) is 2.91. The topological polar surface area (TPSA) is 44.8 Å². The number of rotatable bonds is 6. The molecule has 0 spiro atoms. The zero-order chi connectivity index (χ0) is 16.7. The molecule has 0 radical (unpaired) electrons. The Hall–Kier alpha value is -2.46. The van der Waals surface area contributed by atoms with Crippen molar-refractivity contribution in [2.45, 2.75) is 6.92 Å². The van der Waals surface area contributed by atoms with E-state index >= 15 is 0 Å². The highest BCUT2D eigenvalue weighted by atomic mass is 35.5. The van der Waals surface area contributed by atoms with Crippen LogP contribution < -0.4 is 14.2 Å². The molecule has 2 aromatic carbocycles. The minimum absolute atomic E-state index is 0.412. The van der Waals surface area contributed by atoms with E-state index in [1.807, 2.05) is 13.0 Å². The normalized spacial score (nSPS) is 10.6. The fourth-order valence-corrected chi connectivity index (χ4v) is 2.24. The third-order valence-corrected chi connectivity index (χ3v) is 3.19. The first kappa shape index (κ1) is 16.9. The van der Waals surface area contributed by atoms with Gasteiger partial charge in [-0.2, -0.15) is 0 Å². The molecule has 0 aromatic heterocycles. The standard InChI is InChI=1S/C18H17ClO4/c1-3-22-16-12-13(11-15(19)18(16)21-2)9-10-17(20)23-14-7-5-4-6-8-14/h4-12H,3H2,1-2H3/b10-9+. The molecular weight excluding hydrogens is 316 g/mol. The van der Waals surface area contributed by atoms with Crippen molar-refractivity contribution in [2.75, 3.05) is 13.7 Å². The number of benzene rings is 2. The number of hydrogen-bond acceptors (Lipinski definition) is 4. The second-order valence-corrected chi connectivity index (χ2v) is 4.94. The largest absolute Gasteiger partial charge is 0.491 e. The SMILES string of the molecule is CCOc1cc(/C=C/C(=O)Oc2ccccc2)cc(Cl)c1OC. The van der Waals surface area contributed by atoms with Gasteiger partial charge < -0.3 is 14.2 Å². The van der Waals surface area contributed by atoms with Gasteiger partial charge in [0.1, 0.15) is 5.75 Å². The van der Waals surface area contributed by atoms with E-state index in [9.17, 15) is 4.79 Å². The van der Waals surface area contributed by atoms with Gasteiger partial charge >= 0.3 is 5.97 Å². The number of esters is 1. The molecule has 0 saturated carbocycles. The van der Waals surface area contributed by atoms with Gasteiger partial charge in [-0.25, -0.2) is 4.79 Å². The van der Waals surface area contributed by atoms with E-state index in [0.717, 1.165) is 0 Å². The molecule has 0 heterocycles. The molecule has 4 nitrogen and oxygen atoms in total. The van der Waals surface area contributed by atoms with E-state index in [-0.39, 0.29) is 0 Å². The molecule has 0 aliphatic heterocycles. The maximum atomic E-state index is 11.8. The van der Waals surface area contributed by atoms with Crippen LogP contribution in [0.5, 0.6) is 17.2 Å². The molecule has 23 heavy (non-hydrogen) atoms. The van der Waals surface area contributed by atoms with E-state index in [1.165, 1.54) is 13.2 Å². The second-order valence-electron chi connectivity index (χ2n) is 4.53. The predicted molar refractivity (Wildman–Crippen MR) is 90.3 cm³/mol. The van der Waals surface area contributed by atoms with Crippen LogP contribution in [0, 0.1) is 0 Å². The zero-order valence-electron chi connectivity index (χ0n) is 12.9. The highest BCUT2D eigenvalue weighted by Gasteiger charge is 2.10. The summed E-state index contributed by atoms with van der Waals surface area (Å²) in [5, 5.41) is 0.412. The first-order valence-corrected chi connectivity index (χ1v) is 7.47. The van der Waals surface area contributed by atoms with E-state index < -0.39 is 5.97 Å². The molecule has 0 bridgehead atoms. The average molecular weight is 333 g/mol. The second kappa shape index (κ2) is 8.25. The van der Waals surface area contributed by atoms with Gasteiger partial charge in [0, 0.05) is 6.08 Å². The Morgan fingerprint density at radius 3 is 2.61 bits per heavy atom. The average Bonchev–Trinajstić information content (AvgIpc) is 2.54. The van der Waals surface area contributed by atoms with Crippen LogP contribution in [0.2, 0.25) is 5.02 Å². The van der Waals surface area contributed by atoms with Gasteiger partial charge in [0.15, 0.2) is 11.5 Å². The Balaban J connectivity index is 2.14. The summed E-state index contributed by atoms with van der Waals surface area (Å²) in [4.78, 5) is 11.8. The minimum atomic E-state index is -0.471. The summed E-state index contributed by atoms with van der Waals surface area (Å²) in [6, 6.07) is 12.3. The number of para-hydroxylation sites is 1. The summed E-state index contributed by atoms with van der Waals surface area (Å²) >= 11 is 6.16. The molecular formula is C18H17ClO4. The summed E-state index contributed by atoms with van der Waals surface area (Å²) in [6.45, 7) is 2.35. The summed E-state index contributed by atoms with van der Waals surface area (Å²) in [7, 11) is 1.52. The first-order valence-electron chi connectivity index (χ1n) is 7.09.